The van der Waals surface area contributed by atoms with Crippen molar-refractivity contribution in [3.8, 4) is 0 Å². The van der Waals surface area contributed by atoms with Crippen molar-refractivity contribution in [1.82, 2.24) is 9.97 Å². The predicted molar refractivity (Wildman–Crippen MR) is 82.8 cm³/mol. The van der Waals surface area contributed by atoms with E-state index in [9.17, 15) is 18.0 Å². The van der Waals surface area contributed by atoms with Crippen LogP contribution in [0.4, 0.5) is 13.2 Å². The molecule has 0 saturated carbocycles. The zero-order valence-electron chi connectivity index (χ0n) is 12.1. The second-order valence-corrected chi connectivity index (χ2v) is 6.82. The molecular formula is C14H11F3N3O2S2+. The van der Waals surface area contributed by atoms with Gasteiger partial charge in [0.2, 0.25) is 5.71 Å². The van der Waals surface area contributed by atoms with Crippen LogP contribution in [0.25, 0.3) is 11.2 Å². The van der Waals surface area contributed by atoms with Crippen LogP contribution in [0.3, 0.4) is 0 Å². The second kappa shape index (κ2) is 6.54. The number of nitrogens with zero attached hydrogens (tertiary/aromatic N) is 2. The van der Waals surface area contributed by atoms with Gasteiger partial charge < -0.3 is 10.2 Å². The van der Waals surface area contributed by atoms with Gasteiger partial charge in [-0.3, -0.25) is 4.79 Å². The van der Waals surface area contributed by atoms with Gasteiger partial charge in [-0.15, -0.1) is 11.3 Å². The summed E-state index contributed by atoms with van der Waals surface area (Å²) in [5, 5.41) is 0.110. The van der Waals surface area contributed by atoms with Crippen LogP contribution in [0.5, 0.6) is 0 Å². The molecule has 0 aliphatic rings. The third kappa shape index (κ3) is 3.60. The standard InChI is InChI=1S/C14H10F3N3O2S2/c15-14(16,17)11-4-2-8-12(20-11)22-13(19-8)23-6-9(21)10-3-1-7(5-18)24-10/h1-4H,5-6,18H2/p+1. The first-order valence-corrected chi connectivity index (χ1v) is 8.56. The van der Waals surface area contributed by atoms with E-state index >= 15 is 0 Å². The van der Waals surface area contributed by atoms with Crippen molar-refractivity contribution in [2.24, 2.45) is 0 Å². The summed E-state index contributed by atoms with van der Waals surface area (Å²) in [4.78, 5) is 21.1. The number of fused-ring (bicyclic) bond motifs is 1. The molecule has 3 rings (SSSR count). The molecule has 5 nitrogen and oxygen atoms in total. The van der Waals surface area contributed by atoms with Gasteiger partial charge in [0.1, 0.15) is 17.8 Å². The van der Waals surface area contributed by atoms with Gasteiger partial charge in [-0.1, -0.05) is 11.8 Å². The molecule has 0 spiro atoms. The number of pyridine rings is 1. The third-order valence-corrected chi connectivity index (χ3v) is 5.05. The smallest absolute Gasteiger partial charge is 0.412 e. The highest BCUT2D eigenvalue weighted by molar-refractivity contribution is 7.99. The number of Topliss-reactive ketones (excluding diaryl/α,β-unsaturated/α-hetero) is 1. The number of rotatable bonds is 5. The number of alkyl halides is 3. The molecule has 3 aromatic rings. The van der Waals surface area contributed by atoms with Crippen LogP contribution in [0.15, 0.2) is 33.9 Å². The Bertz CT molecular complexity index is 889. The molecule has 3 heterocycles. The molecule has 0 unspecified atom stereocenters. The Labute approximate surface area is 142 Å². The Morgan fingerprint density at radius 2 is 2.04 bits per heavy atom. The molecule has 10 heteroatoms. The van der Waals surface area contributed by atoms with Crippen molar-refractivity contribution in [2.45, 2.75) is 17.9 Å². The normalized spacial score (nSPS) is 12.0. The Morgan fingerprint density at radius 1 is 1.25 bits per heavy atom. The van der Waals surface area contributed by atoms with Crippen molar-refractivity contribution in [1.29, 1.82) is 0 Å². The summed E-state index contributed by atoms with van der Waals surface area (Å²) in [6.07, 6.45) is -4.55. The first-order chi connectivity index (χ1) is 11.4. The molecule has 0 aliphatic heterocycles. The van der Waals surface area contributed by atoms with E-state index in [0.717, 1.165) is 22.7 Å². The van der Waals surface area contributed by atoms with Gasteiger partial charge in [0.25, 0.3) is 5.22 Å². The van der Waals surface area contributed by atoms with Gasteiger partial charge >= 0.3 is 6.18 Å². The zero-order chi connectivity index (χ0) is 17.3. The quantitative estimate of drug-likeness (QED) is 0.548. The second-order valence-electron chi connectivity index (χ2n) is 4.73. The fourth-order valence-electron chi connectivity index (χ4n) is 1.88. The molecule has 126 valence electrons. The number of thioether (sulfide) groups is 1. The first kappa shape index (κ1) is 16.9. The van der Waals surface area contributed by atoms with Crippen molar-refractivity contribution in [3.05, 3.63) is 39.7 Å². The van der Waals surface area contributed by atoms with E-state index in [1.54, 1.807) is 6.07 Å². The summed E-state index contributed by atoms with van der Waals surface area (Å²) in [6.45, 7) is 0.615. The van der Waals surface area contributed by atoms with Crippen molar-refractivity contribution >= 4 is 40.1 Å². The van der Waals surface area contributed by atoms with Crippen LogP contribution < -0.4 is 5.73 Å². The van der Waals surface area contributed by atoms with Gasteiger partial charge in [-0.05, 0) is 24.3 Å². The van der Waals surface area contributed by atoms with Crippen molar-refractivity contribution < 1.29 is 28.1 Å². The molecule has 3 aromatic heterocycles. The zero-order valence-corrected chi connectivity index (χ0v) is 13.7. The lowest BCUT2D eigenvalue weighted by atomic mass is 10.3. The number of hydrogen-bond donors (Lipinski definition) is 1. The molecule has 0 aliphatic carbocycles. The summed E-state index contributed by atoms with van der Waals surface area (Å²) in [7, 11) is 0. The van der Waals surface area contributed by atoms with Crippen molar-refractivity contribution in [2.75, 3.05) is 5.75 Å². The minimum atomic E-state index is -4.55. The number of quaternary nitrogens is 1. The number of carbonyl (C=O) groups excluding carboxylic acids is 1. The fourth-order valence-corrected chi connectivity index (χ4v) is 3.52. The van der Waals surface area contributed by atoms with E-state index in [0.29, 0.717) is 11.4 Å². The van der Waals surface area contributed by atoms with E-state index in [4.69, 9.17) is 4.42 Å². The summed E-state index contributed by atoms with van der Waals surface area (Å²) in [5.74, 6) is -0.0216. The van der Waals surface area contributed by atoms with Crippen LogP contribution in [0.2, 0.25) is 0 Å². The van der Waals surface area contributed by atoms with Crippen molar-refractivity contribution in [3.63, 3.8) is 0 Å². The number of ketones is 1. The van der Waals surface area contributed by atoms with Crippen LogP contribution in [0, 0.1) is 0 Å². The molecule has 3 N–H and O–H groups in total. The first-order valence-electron chi connectivity index (χ1n) is 6.75. The fraction of sp³-hybridized carbons (Fsp3) is 0.214. The maximum atomic E-state index is 12.6. The lowest BCUT2D eigenvalue weighted by Crippen LogP contribution is -2.47. The topological polar surface area (TPSA) is 83.6 Å². The number of halogens is 3. The van der Waals surface area contributed by atoms with Gasteiger partial charge in [-0.2, -0.15) is 13.2 Å². The minimum Gasteiger partial charge on any atom is -0.412 e. The van der Waals surface area contributed by atoms with E-state index in [1.165, 1.54) is 17.4 Å². The Balaban J connectivity index is 1.72. The summed E-state index contributed by atoms with van der Waals surface area (Å²) in [6, 6.07) is 5.62. The number of carbonyl (C=O) groups is 1. The highest BCUT2D eigenvalue weighted by Crippen LogP contribution is 2.30. The molecule has 0 atom stereocenters. The molecular weight excluding hydrogens is 363 g/mol. The Morgan fingerprint density at radius 3 is 2.71 bits per heavy atom. The molecule has 0 saturated heterocycles. The maximum absolute atomic E-state index is 12.6. The highest BCUT2D eigenvalue weighted by Gasteiger charge is 2.33. The highest BCUT2D eigenvalue weighted by atomic mass is 32.2. The summed E-state index contributed by atoms with van der Waals surface area (Å²) >= 11 is 2.39. The Hall–Kier alpha value is -1.91. The van der Waals surface area contributed by atoms with Crippen LogP contribution in [0.1, 0.15) is 20.2 Å². The molecule has 0 radical (unpaired) electrons. The number of thiophene rings is 1. The van der Waals surface area contributed by atoms with Gasteiger partial charge in [0.05, 0.1) is 15.5 Å². The lowest BCUT2D eigenvalue weighted by molar-refractivity contribution is -0.385. The van der Waals surface area contributed by atoms with E-state index in [-0.39, 0.29) is 28.0 Å². The van der Waals surface area contributed by atoms with E-state index in [2.05, 4.69) is 15.7 Å². The van der Waals surface area contributed by atoms with Gasteiger partial charge in [-0.25, -0.2) is 9.97 Å². The molecule has 24 heavy (non-hydrogen) atoms. The number of oxazole rings is 1. The maximum Gasteiger partial charge on any atom is 0.433 e. The largest absolute Gasteiger partial charge is 0.433 e. The van der Waals surface area contributed by atoms with Gasteiger partial charge in [0, 0.05) is 0 Å². The van der Waals surface area contributed by atoms with Crippen LogP contribution in [-0.2, 0) is 12.7 Å². The molecule has 0 amide bonds. The SMILES string of the molecule is [NH3+]Cc1ccc(C(=O)CSc2nc3ccc(C(F)(F)F)nc3o2)s1. The number of aromatic nitrogens is 2. The predicted octanol–water partition coefficient (Wildman–Crippen LogP) is 3.02. The molecule has 0 bridgehead atoms. The average Bonchev–Trinajstić information content (AvgIpc) is 3.17. The monoisotopic (exact) mass is 374 g/mol. The third-order valence-electron chi connectivity index (χ3n) is 3.04. The molecule has 0 aromatic carbocycles. The average molecular weight is 374 g/mol. The number of hydrogen-bond acceptors (Lipinski definition) is 6. The van der Waals surface area contributed by atoms with E-state index < -0.39 is 11.9 Å². The lowest BCUT2D eigenvalue weighted by Gasteiger charge is -2.03. The van der Waals surface area contributed by atoms with Crippen LogP contribution >= 0.6 is 23.1 Å². The van der Waals surface area contributed by atoms with Gasteiger partial charge in [0.15, 0.2) is 5.78 Å². The van der Waals surface area contributed by atoms with E-state index in [1.807, 2.05) is 6.07 Å². The Kier molecular flexibility index (Phi) is 4.61. The summed E-state index contributed by atoms with van der Waals surface area (Å²) < 4.78 is 43.1. The summed E-state index contributed by atoms with van der Waals surface area (Å²) in [5.41, 5.74) is 2.73. The minimum absolute atomic E-state index is 0.0794. The molecule has 0 fully saturated rings. The van der Waals surface area contributed by atoms with Crippen LogP contribution in [-0.4, -0.2) is 21.5 Å².